The smallest absolute Gasteiger partial charge is 0.187 e. The van der Waals surface area contributed by atoms with E-state index in [9.17, 15) is 16.8 Å². The molecule has 7 aromatic rings. The second-order valence-electron chi connectivity index (χ2n) is 17.9. The van der Waals surface area contributed by atoms with Gasteiger partial charge in [-0.2, -0.15) is 0 Å². The lowest BCUT2D eigenvalue weighted by atomic mass is 10.1. The first-order valence-electron chi connectivity index (χ1n) is 23.7. The predicted molar refractivity (Wildman–Crippen MR) is 283 cm³/mol. The molecule has 22 heteroatoms. The molecule has 1 N–H and O–H groups in total. The Balaban J connectivity index is 0.000000216. The van der Waals surface area contributed by atoms with Crippen LogP contribution in [-0.2, 0) is 31.2 Å². The molecule has 1 aliphatic heterocycles. The van der Waals surface area contributed by atoms with Crippen molar-refractivity contribution in [2.45, 2.75) is 83.3 Å². The largest absolute Gasteiger partial charge is 0.494 e. The molecule has 0 saturated carbocycles. The predicted octanol–water partition coefficient (Wildman–Crippen LogP) is 7.36. The number of ether oxygens (including phenoxy) is 4. The lowest BCUT2D eigenvalue weighted by molar-refractivity contribution is 0.390. The lowest BCUT2D eigenvalue weighted by Crippen LogP contribution is -2.38. The van der Waals surface area contributed by atoms with Crippen molar-refractivity contribution in [3.8, 4) is 57.4 Å². The van der Waals surface area contributed by atoms with Crippen molar-refractivity contribution >= 4 is 25.5 Å². The monoisotopic (exact) mass is 1050 g/mol. The number of aryl methyl sites for hydroxylation is 3. The molecule has 8 rings (SSSR count). The van der Waals surface area contributed by atoms with Gasteiger partial charge in [-0.15, -0.1) is 20.4 Å². The summed E-state index contributed by atoms with van der Waals surface area (Å²) in [5.41, 5.74) is 6.13. The molecule has 20 nitrogen and oxygen atoms in total. The average molecular weight is 1050 g/mol. The highest BCUT2D eigenvalue weighted by atomic mass is 32.2. The molecule has 4 atom stereocenters. The Bertz CT molecular complexity index is 3370. The van der Waals surface area contributed by atoms with E-state index >= 15 is 0 Å². The highest BCUT2D eigenvalue weighted by molar-refractivity contribution is 7.91. The normalized spacial score (nSPS) is 14.3. The average Bonchev–Trinajstić information content (AvgIpc) is 4.00. The lowest BCUT2D eigenvalue weighted by Gasteiger charge is -2.24. The minimum absolute atomic E-state index is 0.218. The van der Waals surface area contributed by atoms with Crippen LogP contribution in [0.1, 0.15) is 75.0 Å². The number of aromatic nitrogens is 10. The fourth-order valence-corrected chi connectivity index (χ4v) is 11.3. The van der Waals surface area contributed by atoms with E-state index in [1.807, 2.05) is 72.0 Å². The van der Waals surface area contributed by atoms with Crippen molar-refractivity contribution in [1.29, 1.82) is 0 Å². The number of methoxy groups -OCH3 is 4. The van der Waals surface area contributed by atoms with Gasteiger partial charge >= 0.3 is 0 Å². The van der Waals surface area contributed by atoms with Crippen LogP contribution in [0.3, 0.4) is 0 Å². The third-order valence-electron chi connectivity index (χ3n) is 12.8. The topological polar surface area (TPSA) is 243 Å². The number of amidine groups is 1. The van der Waals surface area contributed by atoms with E-state index in [4.69, 9.17) is 18.9 Å². The number of aliphatic imine (C=N–C) groups is 1. The first kappa shape index (κ1) is 54.2. The number of nitrogens with zero attached hydrogens (tertiary/aromatic N) is 11. The van der Waals surface area contributed by atoms with Crippen LogP contribution in [0.25, 0.3) is 34.4 Å². The summed E-state index contributed by atoms with van der Waals surface area (Å²) in [7, 11) is -1.24. The van der Waals surface area contributed by atoms with Gasteiger partial charge in [0.05, 0.1) is 56.9 Å². The van der Waals surface area contributed by atoms with Gasteiger partial charge in [-0.3, -0.25) is 24.1 Å². The number of nitrogens with one attached hydrogen (secondary N) is 1. The molecule has 0 saturated heterocycles. The summed E-state index contributed by atoms with van der Waals surface area (Å²) in [6, 6.07) is 21.8. The van der Waals surface area contributed by atoms with Crippen LogP contribution in [0.2, 0.25) is 0 Å². The summed E-state index contributed by atoms with van der Waals surface area (Å²) >= 11 is 0. The van der Waals surface area contributed by atoms with E-state index in [0.29, 0.717) is 75.5 Å². The molecule has 1 aliphatic rings. The summed E-state index contributed by atoms with van der Waals surface area (Å²) < 4.78 is 80.5. The summed E-state index contributed by atoms with van der Waals surface area (Å²) in [6.45, 7) is 15.2. The Hall–Kier alpha value is -7.59. The third kappa shape index (κ3) is 11.8. The first-order chi connectivity index (χ1) is 35.3. The molecule has 5 aromatic heterocycles. The van der Waals surface area contributed by atoms with Gasteiger partial charge in [0, 0.05) is 41.8 Å². The molecule has 0 amide bonds. The second kappa shape index (κ2) is 23.1. The van der Waals surface area contributed by atoms with Crippen molar-refractivity contribution in [2.75, 3.05) is 35.0 Å². The number of hydrogen-bond donors (Lipinski definition) is 1. The molecule has 0 fully saturated rings. The summed E-state index contributed by atoms with van der Waals surface area (Å²) in [6.07, 6.45) is 5.12. The number of hydrogen-bond acceptors (Lipinski definition) is 18. The quantitative estimate of drug-likeness (QED) is 0.0882. The van der Waals surface area contributed by atoms with Crippen molar-refractivity contribution in [3.63, 3.8) is 0 Å². The van der Waals surface area contributed by atoms with Crippen molar-refractivity contribution in [2.24, 2.45) is 10.9 Å². The van der Waals surface area contributed by atoms with Gasteiger partial charge in [-0.25, -0.2) is 26.8 Å². The van der Waals surface area contributed by atoms with Crippen LogP contribution in [0.5, 0.6) is 23.0 Å². The maximum absolute atomic E-state index is 13.7. The zero-order chi connectivity index (χ0) is 53.5. The molecule has 0 aliphatic carbocycles. The number of benzene rings is 2. The van der Waals surface area contributed by atoms with Crippen LogP contribution in [-0.4, -0.2) is 118 Å². The summed E-state index contributed by atoms with van der Waals surface area (Å²) in [5.74, 6) is 2.34. The number of para-hydroxylation sites is 2. The zero-order valence-electron chi connectivity index (χ0n) is 43.6. The van der Waals surface area contributed by atoms with E-state index in [2.05, 4.69) is 50.6 Å². The van der Waals surface area contributed by atoms with Gasteiger partial charge in [0.15, 0.2) is 43.0 Å². The maximum Gasteiger partial charge on any atom is 0.187 e. The third-order valence-corrected chi connectivity index (χ3v) is 17.2. The van der Waals surface area contributed by atoms with E-state index < -0.39 is 30.2 Å². The van der Waals surface area contributed by atoms with Crippen molar-refractivity contribution in [1.82, 2.24) is 54.8 Å². The van der Waals surface area contributed by atoms with E-state index in [0.717, 1.165) is 22.7 Å². The molecule has 0 spiro atoms. The Labute approximate surface area is 432 Å². The molecule has 0 radical (unpaired) electrons. The second-order valence-corrected chi connectivity index (χ2v) is 22.6. The minimum Gasteiger partial charge on any atom is -0.494 e. The van der Waals surface area contributed by atoms with Gasteiger partial charge in [0.1, 0.15) is 63.1 Å². The summed E-state index contributed by atoms with van der Waals surface area (Å²) in [4.78, 5) is 22.3. The van der Waals surface area contributed by atoms with Crippen LogP contribution in [0.4, 0.5) is 0 Å². The van der Waals surface area contributed by atoms with E-state index in [1.54, 1.807) is 98.1 Å². The highest BCUT2D eigenvalue weighted by Crippen LogP contribution is 2.39. The molecule has 6 heterocycles. The Morgan fingerprint density at radius 3 is 1.36 bits per heavy atom. The van der Waals surface area contributed by atoms with Crippen LogP contribution >= 0.6 is 0 Å². The molecule has 0 unspecified atom stereocenters. The van der Waals surface area contributed by atoms with Gasteiger partial charge < -0.3 is 24.3 Å². The molecular formula is C52H62N12O8S2. The molecular weight excluding hydrogens is 985 g/mol. The standard InChI is InChI=1S/C26H32N6O4S.C26H30N6O4S/c1-16-13-27-25(28-14-16)18(3)19(4)37(33,34)15-23-30-31-26(20-10-7-9-17(2)29-20)32(23)24-21(35-5)11-8-12-22(24)36-6;1-16-9-7-10-20(29-16)26-31-30-24(32(26)25-22(35-5)11-8-12-23(25)36-6)15-37(33,34)19(4)18(3)21-14-27-17(2)13-28-21/h7-13,18-19H,14-15H2,1-6H3,(H,27,28);7-14,18-19H,15H2,1-6H3/t2*18-,19-/m01/s1. The molecule has 2 aromatic carbocycles. The number of sulfone groups is 2. The maximum atomic E-state index is 13.7. The van der Waals surface area contributed by atoms with Crippen LogP contribution in [0.15, 0.2) is 102 Å². The highest BCUT2D eigenvalue weighted by Gasteiger charge is 2.35. The molecule has 0 bridgehead atoms. The van der Waals surface area contributed by atoms with E-state index in [1.165, 1.54) is 14.2 Å². The molecule has 74 heavy (non-hydrogen) atoms. The Morgan fingerprint density at radius 2 is 0.986 bits per heavy atom. The van der Waals surface area contributed by atoms with Crippen LogP contribution < -0.4 is 24.3 Å². The number of pyridine rings is 2. The van der Waals surface area contributed by atoms with Gasteiger partial charge in [0.25, 0.3) is 0 Å². The summed E-state index contributed by atoms with van der Waals surface area (Å²) in [5, 5.41) is 19.0. The van der Waals surface area contributed by atoms with Gasteiger partial charge in [-0.05, 0) is 95.6 Å². The van der Waals surface area contributed by atoms with Gasteiger partial charge in [-0.1, -0.05) is 38.1 Å². The van der Waals surface area contributed by atoms with Crippen LogP contribution in [0, 0.1) is 26.7 Å². The fraction of sp³-hybridized carbons (Fsp3) is 0.365. The SMILES string of the molecule is COc1cccc(OC)c1-n1c(CS(=O)(=O)[C@@H](C)[C@H](C)C2=NCC(C)=CN2)nnc1-c1cccc(C)n1.COc1cccc(OC)c1-n1c(CS(=O)(=O)[C@H](C)[C@@H](C)c2cnc(C)cn2)nnc1-c1cccc(C)n1. The van der Waals surface area contributed by atoms with Crippen molar-refractivity contribution < 1.29 is 35.8 Å². The number of rotatable bonds is 18. The Kier molecular flexibility index (Phi) is 16.9. The first-order valence-corrected chi connectivity index (χ1v) is 27.1. The van der Waals surface area contributed by atoms with Gasteiger partial charge in [0.2, 0.25) is 0 Å². The van der Waals surface area contributed by atoms with Crippen molar-refractivity contribution in [3.05, 3.63) is 131 Å². The van der Waals surface area contributed by atoms with E-state index in [-0.39, 0.29) is 35.0 Å². The Morgan fingerprint density at radius 1 is 0.554 bits per heavy atom. The fourth-order valence-electron chi connectivity index (χ4n) is 8.18. The molecule has 390 valence electrons. The minimum atomic E-state index is -3.71. The zero-order valence-corrected chi connectivity index (χ0v) is 45.2.